The van der Waals surface area contributed by atoms with E-state index >= 15 is 0 Å². The third-order valence-electron chi connectivity index (χ3n) is 4.13. The van der Waals surface area contributed by atoms with Gasteiger partial charge in [0.1, 0.15) is 11.5 Å². The number of nitrogens with zero attached hydrogens (tertiary/aromatic N) is 1. The molecule has 3 nitrogen and oxygen atoms in total. The molecule has 1 atom stereocenters. The van der Waals surface area contributed by atoms with Crippen molar-refractivity contribution in [3.05, 3.63) is 59.7 Å². The number of rotatable bonds is 4. The van der Waals surface area contributed by atoms with E-state index in [4.69, 9.17) is 9.39 Å². The minimum Gasteiger partial charge on any atom is -0.510 e. The Balaban J connectivity index is 1.71. The number of methoxy groups -OCH3 is 1. The molecular formula is C17H21BNO2+. The fourth-order valence-electron chi connectivity index (χ4n) is 2.82. The maximum atomic E-state index is 5.94. The first-order chi connectivity index (χ1) is 10.2. The zero-order chi connectivity index (χ0) is 14.7. The first kappa shape index (κ1) is 14.0. The van der Waals surface area contributed by atoms with E-state index in [1.165, 1.54) is 11.1 Å². The molecule has 0 aliphatic carbocycles. The highest BCUT2D eigenvalue weighted by atomic mass is 16.5. The Morgan fingerprint density at radius 1 is 1.19 bits per heavy atom. The molecule has 0 saturated carbocycles. The average Bonchev–Trinajstić information content (AvgIpc) is 2.53. The number of fused-ring (bicyclic) bond motifs is 1. The van der Waals surface area contributed by atoms with Crippen molar-refractivity contribution in [3.8, 4) is 11.5 Å². The van der Waals surface area contributed by atoms with Crippen LogP contribution in [0, 0.1) is 0 Å². The summed E-state index contributed by atoms with van der Waals surface area (Å²) in [5, 5.41) is 0. The Morgan fingerprint density at radius 2 is 2.00 bits per heavy atom. The Bertz CT molecular complexity index is 617. The van der Waals surface area contributed by atoms with Crippen LogP contribution in [0.15, 0.2) is 48.5 Å². The largest absolute Gasteiger partial charge is 0.624 e. The van der Waals surface area contributed by atoms with Gasteiger partial charge in [0.05, 0.1) is 27.2 Å². The van der Waals surface area contributed by atoms with Crippen molar-refractivity contribution >= 4 is 7.62 Å². The van der Waals surface area contributed by atoms with Crippen molar-refractivity contribution in [1.82, 2.24) is 0 Å². The molecule has 4 heteroatoms. The molecule has 2 aromatic carbocycles. The molecule has 1 aliphatic heterocycles. The Morgan fingerprint density at radius 3 is 2.76 bits per heavy atom. The molecule has 0 radical (unpaired) electrons. The third-order valence-corrected chi connectivity index (χ3v) is 4.13. The van der Waals surface area contributed by atoms with E-state index in [1.54, 1.807) is 7.11 Å². The Hall–Kier alpha value is -1.94. The lowest BCUT2D eigenvalue weighted by Crippen LogP contribution is -2.52. The van der Waals surface area contributed by atoms with Crippen molar-refractivity contribution in [1.29, 1.82) is 0 Å². The summed E-state index contributed by atoms with van der Waals surface area (Å²) in [6, 6.07) is 16.7. The van der Waals surface area contributed by atoms with Gasteiger partial charge in [-0.1, -0.05) is 30.3 Å². The quantitative estimate of drug-likeness (QED) is 0.802. The van der Waals surface area contributed by atoms with E-state index in [1.807, 2.05) is 12.1 Å². The normalized spacial score (nSPS) is 20.1. The van der Waals surface area contributed by atoms with E-state index in [9.17, 15) is 0 Å². The van der Waals surface area contributed by atoms with Crippen LogP contribution in [0.25, 0.3) is 0 Å². The molecule has 0 fully saturated rings. The topological polar surface area (TPSA) is 18.5 Å². The van der Waals surface area contributed by atoms with E-state index in [0.717, 1.165) is 43.0 Å². The second-order valence-corrected chi connectivity index (χ2v) is 5.98. The summed E-state index contributed by atoms with van der Waals surface area (Å²) >= 11 is 0. The van der Waals surface area contributed by atoms with Crippen molar-refractivity contribution < 1.29 is 13.8 Å². The number of ether oxygens (including phenoxy) is 1. The van der Waals surface area contributed by atoms with Crippen LogP contribution >= 0.6 is 0 Å². The van der Waals surface area contributed by atoms with Gasteiger partial charge in [0.2, 0.25) is 0 Å². The Kier molecular flexibility index (Phi) is 3.89. The van der Waals surface area contributed by atoms with E-state index < -0.39 is 0 Å². The van der Waals surface area contributed by atoms with Crippen molar-refractivity contribution in [2.24, 2.45) is 0 Å². The summed E-state index contributed by atoms with van der Waals surface area (Å²) in [5.41, 5.74) is 2.62. The molecule has 0 spiro atoms. The van der Waals surface area contributed by atoms with Gasteiger partial charge >= 0.3 is 7.62 Å². The monoisotopic (exact) mass is 282 g/mol. The molecule has 1 aliphatic rings. The summed E-state index contributed by atoms with van der Waals surface area (Å²) in [4.78, 5) is 0. The minimum absolute atomic E-state index is 0.728. The molecule has 0 saturated heterocycles. The molecule has 3 rings (SSSR count). The first-order valence-electron chi connectivity index (χ1n) is 7.36. The molecule has 0 aromatic heterocycles. The molecule has 0 N–H and O–H groups in total. The van der Waals surface area contributed by atoms with Gasteiger partial charge in [-0.2, -0.15) is 0 Å². The summed E-state index contributed by atoms with van der Waals surface area (Å²) < 4.78 is 12.2. The summed E-state index contributed by atoms with van der Waals surface area (Å²) in [5.74, 6) is 1.89. The van der Waals surface area contributed by atoms with Crippen LogP contribution in [0.5, 0.6) is 11.5 Å². The predicted octanol–water partition coefficient (Wildman–Crippen LogP) is 2.54. The second kappa shape index (κ2) is 5.82. The first-order valence-corrected chi connectivity index (χ1v) is 7.36. The smallest absolute Gasteiger partial charge is 0.510 e. The molecule has 1 heterocycles. The van der Waals surface area contributed by atoms with Crippen LogP contribution in [-0.2, 0) is 13.0 Å². The second-order valence-electron chi connectivity index (χ2n) is 5.98. The number of hydrogen-bond donors (Lipinski definition) is 0. The highest BCUT2D eigenvalue weighted by molar-refractivity contribution is 6.19. The molecule has 1 unspecified atom stereocenters. The zero-order valence-corrected chi connectivity index (χ0v) is 12.7. The lowest BCUT2D eigenvalue weighted by atomic mass is 9.98. The van der Waals surface area contributed by atoms with Crippen molar-refractivity contribution in [3.63, 3.8) is 0 Å². The lowest BCUT2D eigenvalue weighted by molar-refractivity contribution is -0.822. The highest BCUT2D eigenvalue weighted by Gasteiger charge is 2.33. The highest BCUT2D eigenvalue weighted by Crippen LogP contribution is 2.30. The fraction of sp³-hybridized carbons (Fsp3) is 0.294. The van der Waals surface area contributed by atoms with Crippen LogP contribution in [0.1, 0.15) is 11.1 Å². The predicted molar refractivity (Wildman–Crippen MR) is 85.7 cm³/mol. The molecule has 2 aromatic rings. The molecule has 0 bridgehead atoms. The zero-order valence-electron chi connectivity index (χ0n) is 12.7. The summed E-state index contributed by atoms with van der Waals surface area (Å²) in [6.45, 7) is 2.06. The molecule has 0 amide bonds. The van der Waals surface area contributed by atoms with Crippen molar-refractivity contribution in [2.45, 2.75) is 13.0 Å². The summed E-state index contributed by atoms with van der Waals surface area (Å²) in [7, 11) is 4.69. The SMILES string of the molecule is COc1ccc2c(c1)C[N+](C)(CCc1ccccc1)BO2. The standard InChI is InChI=1S/C17H21BNO2/c1-19(11-10-14-6-4-3-5-7-14)13-15-12-16(20-2)8-9-17(15)21-18-19/h3-9,12,18H,10-11,13H2,1-2H3/q+1. The van der Waals surface area contributed by atoms with Crippen LogP contribution in [-0.4, -0.2) is 32.7 Å². The van der Waals surface area contributed by atoms with Gasteiger partial charge in [-0.15, -0.1) is 0 Å². The fourth-order valence-corrected chi connectivity index (χ4v) is 2.82. The van der Waals surface area contributed by atoms with Crippen molar-refractivity contribution in [2.75, 3.05) is 20.7 Å². The van der Waals surface area contributed by atoms with Gasteiger partial charge in [0.15, 0.2) is 0 Å². The number of benzene rings is 2. The van der Waals surface area contributed by atoms with Crippen LogP contribution in [0.2, 0.25) is 0 Å². The van der Waals surface area contributed by atoms with Gasteiger partial charge in [-0.25, -0.2) is 0 Å². The van der Waals surface area contributed by atoms with Gasteiger partial charge in [0, 0.05) is 12.0 Å². The van der Waals surface area contributed by atoms with Gasteiger partial charge in [-0.3, -0.25) is 0 Å². The van der Waals surface area contributed by atoms with E-state index in [-0.39, 0.29) is 0 Å². The van der Waals surface area contributed by atoms with E-state index in [0.29, 0.717) is 0 Å². The maximum Gasteiger partial charge on any atom is 0.624 e. The Labute approximate surface area is 127 Å². The molecular weight excluding hydrogens is 261 g/mol. The lowest BCUT2D eigenvalue weighted by Gasteiger charge is -2.37. The van der Waals surface area contributed by atoms with E-state index in [2.05, 4.69) is 43.4 Å². The third kappa shape index (κ3) is 3.22. The molecule has 21 heavy (non-hydrogen) atoms. The molecule has 108 valence electrons. The van der Waals surface area contributed by atoms with Gasteiger partial charge in [0.25, 0.3) is 0 Å². The maximum absolute atomic E-state index is 5.94. The van der Waals surface area contributed by atoms with Gasteiger partial charge < -0.3 is 13.8 Å². The average molecular weight is 282 g/mol. The minimum atomic E-state index is 0.728. The van der Waals surface area contributed by atoms with Crippen LogP contribution in [0.3, 0.4) is 0 Å². The summed E-state index contributed by atoms with van der Waals surface area (Å²) in [6.07, 6.45) is 1.07. The van der Waals surface area contributed by atoms with Crippen LogP contribution < -0.4 is 9.39 Å². The number of quaternary nitrogens is 1. The number of likely N-dealkylation sites (N-methyl/N-ethyl adjacent to an activating group) is 1. The number of hydrogen-bond acceptors (Lipinski definition) is 2. The van der Waals surface area contributed by atoms with Gasteiger partial charge in [-0.05, 0) is 23.8 Å². The van der Waals surface area contributed by atoms with Crippen LogP contribution in [0.4, 0.5) is 0 Å².